The van der Waals surface area contributed by atoms with Crippen molar-refractivity contribution >= 4 is 58.6 Å². The fraction of sp³-hybridized carbons (Fsp3) is 0.333. The third kappa shape index (κ3) is 5.68. The smallest absolute Gasteiger partial charge is 0.417 e. The molecule has 6 unspecified atom stereocenters. The Kier molecular flexibility index (Phi) is 8.92. The van der Waals surface area contributed by atoms with Crippen LogP contribution in [0.1, 0.15) is 41.9 Å². The summed E-state index contributed by atoms with van der Waals surface area (Å²) in [6, 6.07) is 11.3. The highest BCUT2D eigenvalue weighted by Crippen LogP contribution is 2.64. The summed E-state index contributed by atoms with van der Waals surface area (Å²) in [6.45, 7) is -0.341. The first-order valence-electron chi connectivity index (χ1n) is 16.4. The highest BCUT2D eigenvalue weighted by Gasteiger charge is 2.70. The second kappa shape index (κ2) is 13.1. The molecule has 7 rings (SSSR count). The zero-order valence-electron chi connectivity index (χ0n) is 27.6. The third-order valence-corrected chi connectivity index (χ3v) is 11.3. The number of aromatic nitrogens is 1. The highest BCUT2D eigenvalue weighted by atomic mass is 35.5. The summed E-state index contributed by atoms with van der Waals surface area (Å²) in [4.78, 5) is 73.5. The molecule has 276 valence electrons. The van der Waals surface area contributed by atoms with Crippen LogP contribution in [0.4, 0.5) is 19.0 Å². The summed E-state index contributed by atoms with van der Waals surface area (Å²) in [6.07, 6.45) is -3.03. The van der Waals surface area contributed by atoms with Gasteiger partial charge in [-0.25, -0.2) is 4.98 Å². The van der Waals surface area contributed by atoms with E-state index in [9.17, 15) is 42.6 Å². The van der Waals surface area contributed by atoms with Gasteiger partial charge in [0, 0.05) is 23.7 Å². The zero-order valence-corrected chi connectivity index (χ0v) is 29.1. The molecule has 0 spiro atoms. The van der Waals surface area contributed by atoms with E-state index in [-0.39, 0.29) is 30.9 Å². The van der Waals surface area contributed by atoms with Crippen LogP contribution >= 0.6 is 23.2 Å². The van der Waals surface area contributed by atoms with Gasteiger partial charge in [0.25, 0.3) is 11.8 Å². The van der Waals surface area contributed by atoms with E-state index in [2.05, 4.69) is 10.4 Å². The molecule has 3 heterocycles. The van der Waals surface area contributed by atoms with Gasteiger partial charge in [0.1, 0.15) is 0 Å². The van der Waals surface area contributed by atoms with Crippen molar-refractivity contribution in [1.29, 1.82) is 0 Å². The zero-order chi connectivity index (χ0) is 38.1. The number of hydrogen-bond acceptors (Lipinski definition) is 9. The molecule has 17 heteroatoms. The number of nitrogens with zero attached hydrogens (tertiary/aromatic N) is 3. The Balaban J connectivity index is 1.42. The largest absolute Gasteiger partial charge is 0.504 e. The van der Waals surface area contributed by atoms with E-state index in [0.29, 0.717) is 39.0 Å². The molecule has 2 aliphatic carbocycles. The van der Waals surface area contributed by atoms with E-state index < -0.39 is 93.6 Å². The maximum Gasteiger partial charge on any atom is 0.417 e. The average Bonchev–Trinajstić information content (AvgIpc) is 3.48. The van der Waals surface area contributed by atoms with Crippen molar-refractivity contribution in [2.75, 3.05) is 19.1 Å². The number of phenolic OH excluding ortho intramolecular Hbond substituents is 1. The van der Waals surface area contributed by atoms with Crippen LogP contribution in [0.15, 0.2) is 66.4 Å². The molecule has 3 fully saturated rings. The minimum atomic E-state index is -4.77. The quantitative estimate of drug-likeness (QED) is 0.194. The number of nitrogens with one attached hydrogen (secondary N) is 1. The number of likely N-dealkylation sites (tertiary alicyclic amines) is 1. The van der Waals surface area contributed by atoms with Gasteiger partial charge in [-0.05, 0) is 60.2 Å². The third-order valence-electron chi connectivity index (χ3n) is 10.7. The van der Waals surface area contributed by atoms with E-state index in [1.807, 2.05) is 0 Å². The van der Waals surface area contributed by atoms with Gasteiger partial charge in [0.05, 0.1) is 47.3 Å². The fourth-order valence-electron chi connectivity index (χ4n) is 8.54. The Bertz CT molecular complexity index is 2110. The minimum absolute atomic E-state index is 0.0693. The number of carboxylic acid groups (broad SMARTS) is 1. The number of fused-ring (bicyclic) bond motifs is 4. The normalized spacial score (nSPS) is 26.6. The van der Waals surface area contributed by atoms with Crippen LogP contribution in [0.25, 0.3) is 0 Å². The number of ether oxygens (including phenoxy) is 1. The van der Waals surface area contributed by atoms with Crippen molar-refractivity contribution in [2.24, 2.45) is 23.7 Å². The van der Waals surface area contributed by atoms with Crippen molar-refractivity contribution in [3.8, 4) is 11.5 Å². The van der Waals surface area contributed by atoms with Crippen molar-refractivity contribution in [3.05, 3.63) is 93.1 Å². The number of allylic oxidation sites excluding steroid dienone is 2. The molecular formula is C36H29Cl2F3N4O8. The van der Waals surface area contributed by atoms with E-state index in [1.165, 1.54) is 31.4 Å². The van der Waals surface area contributed by atoms with Crippen LogP contribution in [0.2, 0.25) is 10.0 Å². The number of hydrogen-bond donors (Lipinski definition) is 3. The number of carboxylic acids is 1. The van der Waals surface area contributed by atoms with Crippen molar-refractivity contribution in [3.63, 3.8) is 0 Å². The number of benzene rings is 2. The predicted molar refractivity (Wildman–Crippen MR) is 181 cm³/mol. The first kappa shape index (κ1) is 36.2. The van der Waals surface area contributed by atoms with Crippen LogP contribution in [0.3, 0.4) is 0 Å². The Morgan fingerprint density at radius 2 is 1.75 bits per heavy atom. The number of aromatic hydroxyl groups is 1. The van der Waals surface area contributed by atoms with Crippen molar-refractivity contribution in [1.82, 2.24) is 14.9 Å². The number of hydrazine groups is 1. The molecular weight excluding hydrogens is 744 g/mol. The second-order valence-corrected chi connectivity index (χ2v) is 14.2. The molecule has 4 amide bonds. The number of anilines is 1. The number of amides is 4. The molecule has 2 aliphatic heterocycles. The van der Waals surface area contributed by atoms with E-state index >= 15 is 4.79 Å². The summed E-state index contributed by atoms with van der Waals surface area (Å²) in [7, 11) is 1.35. The second-order valence-electron chi connectivity index (χ2n) is 13.3. The SMILES string of the molecule is COc1ccc(C2C3=CCC4C(=O)N(CCC(=O)O)C(=O)C4C3CC3C(=O)N(Nc4ncc(C(F)(F)F)cc4Cl)C(=O)C32c2ccc(Cl)cc2)cc1O. The van der Waals surface area contributed by atoms with Crippen LogP contribution < -0.4 is 10.2 Å². The summed E-state index contributed by atoms with van der Waals surface area (Å²) in [5.41, 5.74) is 0.814. The Morgan fingerprint density at radius 3 is 2.38 bits per heavy atom. The first-order valence-corrected chi connectivity index (χ1v) is 17.1. The van der Waals surface area contributed by atoms with Gasteiger partial charge in [-0.3, -0.25) is 34.3 Å². The lowest BCUT2D eigenvalue weighted by atomic mass is 9.49. The van der Waals surface area contributed by atoms with E-state index in [0.717, 1.165) is 4.90 Å². The maximum atomic E-state index is 15.2. The minimum Gasteiger partial charge on any atom is -0.504 e. The van der Waals surface area contributed by atoms with Gasteiger partial charge in [-0.1, -0.05) is 53.1 Å². The van der Waals surface area contributed by atoms with Gasteiger partial charge in [0.15, 0.2) is 17.3 Å². The molecule has 3 N–H and O–H groups in total. The molecule has 3 aromatic rings. The maximum absolute atomic E-state index is 15.2. The molecule has 0 radical (unpaired) electrons. The predicted octanol–water partition coefficient (Wildman–Crippen LogP) is 5.58. The van der Waals surface area contributed by atoms with Crippen LogP contribution in [-0.4, -0.2) is 68.4 Å². The van der Waals surface area contributed by atoms with Gasteiger partial charge in [-0.2, -0.15) is 18.2 Å². The number of rotatable bonds is 8. The number of carbonyl (C=O) groups is 5. The van der Waals surface area contributed by atoms with Gasteiger partial charge in [-0.15, -0.1) is 0 Å². The summed E-state index contributed by atoms with van der Waals surface area (Å²) < 4.78 is 45.5. The van der Waals surface area contributed by atoms with E-state index in [1.54, 1.807) is 24.3 Å². The number of pyridine rings is 1. The molecule has 6 atom stereocenters. The monoisotopic (exact) mass is 772 g/mol. The lowest BCUT2D eigenvalue weighted by molar-refractivity contribution is -0.143. The lowest BCUT2D eigenvalue weighted by Crippen LogP contribution is -2.53. The number of phenols is 1. The van der Waals surface area contributed by atoms with Crippen LogP contribution in [0.5, 0.6) is 11.5 Å². The standard InChI is InChI=1S/C36H29Cl2F3N4O8/c1-53-26-9-2-16(12-25(26)46)29-20-7-8-21-28(33(51)44(31(21)49)11-10-27(47)48)22(20)14-23-32(50)45(34(52)35(23,29)17-3-5-19(37)6-4-17)43-30-24(38)13-18(15-42-30)36(39,40)41/h2-7,9,12-13,15,21-23,28-29,46H,8,10-11,14H2,1H3,(H,42,43)(H,47,48). The molecule has 1 saturated carbocycles. The molecule has 12 nitrogen and oxygen atoms in total. The van der Waals surface area contributed by atoms with Crippen LogP contribution in [-0.2, 0) is 35.6 Å². The Hall–Kier alpha value is -5.15. The van der Waals surface area contributed by atoms with Gasteiger partial charge in [0.2, 0.25) is 11.8 Å². The fourth-order valence-corrected chi connectivity index (χ4v) is 8.87. The number of alkyl halides is 3. The molecule has 0 bridgehead atoms. The Labute approximate surface area is 309 Å². The molecule has 2 saturated heterocycles. The number of halogens is 5. The van der Waals surface area contributed by atoms with Gasteiger partial charge < -0.3 is 14.9 Å². The van der Waals surface area contributed by atoms with Crippen LogP contribution in [0, 0.1) is 23.7 Å². The number of methoxy groups -OCH3 is 1. The summed E-state index contributed by atoms with van der Waals surface area (Å²) in [5, 5.41) is 20.7. The first-order chi connectivity index (χ1) is 25.1. The number of aliphatic carboxylic acids is 1. The van der Waals surface area contributed by atoms with Crippen molar-refractivity contribution < 1.29 is 52.1 Å². The van der Waals surface area contributed by atoms with Crippen molar-refractivity contribution in [2.45, 2.75) is 36.8 Å². The topological polar surface area (TPSA) is 166 Å². The molecule has 1 aromatic heterocycles. The molecule has 4 aliphatic rings. The summed E-state index contributed by atoms with van der Waals surface area (Å²) in [5.74, 6) is -9.54. The highest BCUT2D eigenvalue weighted by molar-refractivity contribution is 6.33. The molecule has 2 aromatic carbocycles. The van der Waals surface area contributed by atoms with E-state index in [4.69, 9.17) is 27.9 Å². The number of imide groups is 2. The summed E-state index contributed by atoms with van der Waals surface area (Å²) >= 11 is 12.5. The average molecular weight is 774 g/mol. The lowest BCUT2D eigenvalue weighted by Gasteiger charge is -2.50. The van der Waals surface area contributed by atoms with Gasteiger partial charge >= 0.3 is 12.1 Å². The molecule has 53 heavy (non-hydrogen) atoms. The number of carbonyl (C=O) groups excluding carboxylic acids is 4. The Morgan fingerprint density at radius 1 is 1.04 bits per heavy atom.